The Kier molecular flexibility index (Phi) is 5.85. The SMILES string of the molecule is Cc1nc([C@H]2CCCN(C(=O)c3oc4ccccc4c3C)C2)ncc1C(=O)N1CCOCC1. The van der Waals surface area contributed by atoms with E-state index in [-0.39, 0.29) is 17.7 Å². The molecule has 1 aromatic carbocycles. The second kappa shape index (κ2) is 8.94. The van der Waals surface area contributed by atoms with Gasteiger partial charge in [0.1, 0.15) is 11.4 Å². The zero-order valence-electron chi connectivity index (χ0n) is 19.0. The zero-order chi connectivity index (χ0) is 22.9. The number of fused-ring (bicyclic) bond motifs is 1. The molecule has 0 saturated carbocycles. The lowest BCUT2D eigenvalue weighted by molar-refractivity contribution is 0.0301. The number of furan rings is 1. The van der Waals surface area contributed by atoms with Crippen molar-refractivity contribution in [2.45, 2.75) is 32.6 Å². The van der Waals surface area contributed by atoms with E-state index in [1.165, 1.54) is 0 Å². The highest BCUT2D eigenvalue weighted by Crippen LogP contribution is 2.30. The molecule has 4 heterocycles. The summed E-state index contributed by atoms with van der Waals surface area (Å²) in [6.07, 6.45) is 3.41. The van der Waals surface area contributed by atoms with Crippen LogP contribution in [0, 0.1) is 13.8 Å². The maximum atomic E-state index is 13.3. The number of likely N-dealkylation sites (tertiary alicyclic amines) is 1. The van der Waals surface area contributed by atoms with Crippen LogP contribution < -0.4 is 0 Å². The molecular formula is C25H28N4O4. The molecule has 172 valence electrons. The molecule has 8 nitrogen and oxygen atoms in total. The molecule has 2 aliphatic heterocycles. The number of hydrogen-bond donors (Lipinski definition) is 0. The Labute approximate surface area is 192 Å². The van der Waals surface area contributed by atoms with E-state index in [1.54, 1.807) is 11.1 Å². The smallest absolute Gasteiger partial charge is 0.289 e. The molecule has 3 aromatic rings. The summed E-state index contributed by atoms with van der Waals surface area (Å²) in [6.45, 7) is 7.27. The molecule has 0 aliphatic carbocycles. The van der Waals surface area contributed by atoms with Gasteiger partial charge in [-0.2, -0.15) is 0 Å². The van der Waals surface area contributed by atoms with Crippen molar-refractivity contribution < 1.29 is 18.7 Å². The lowest BCUT2D eigenvalue weighted by atomic mass is 9.96. The fourth-order valence-corrected chi connectivity index (χ4v) is 4.72. The van der Waals surface area contributed by atoms with Crippen LogP contribution in [0.15, 0.2) is 34.9 Å². The normalized spacial score (nSPS) is 19.2. The van der Waals surface area contributed by atoms with Gasteiger partial charge >= 0.3 is 0 Å². The van der Waals surface area contributed by atoms with E-state index in [0.717, 1.165) is 29.4 Å². The van der Waals surface area contributed by atoms with Crippen molar-refractivity contribution in [2.75, 3.05) is 39.4 Å². The number of nitrogens with zero attached hydrogens (tertiary/aromatic N) is 4. The van der Waals surface area contributed by atoms with Gasteiger partial charge in [0.05, 0.1) is 24.5 Å². The number of benzene rings is 1. The number of para-hydroxylation sites is 1. The third-order valence-corrected chi connectivity index (χ3v) is 6.64. The highest BCUT2D eigenvalue weighted by Gasteiger charge is 2.31. The van der Waals surface area contributed by atoms with Crippen LogP contribution in [-0.2, 0) is 4.74 Å². The number of carbonyl (C=O) groups excluding carboxylic acids is 2. The van der Waals surface area contributed by atoms with Gasteiger partial charge in [-0.05, 0) is 32.8 Å². The highest BCUT2D eigenvalue weighted by atomic mass is 16.5. The van der Waals surface area contributed by atoms with E-state index in [2.05, 4.69) is 9.97 Å². The molecule has 2 saturated heterocycles. The first-order valence-electron chi connectivity index (χ1n) is 11.5. The Balaban J connectivity index is 1.33. The first-order valence-corrected chi connectivity index (χ1v) is 11.5. The molecule has 5 rings (SSSR count). The minimum atomic E-state index is -0.0933. The molecule has 1 atom stereocenters. The van der Waals surface area contributed by atoms with Crippen molar-refractivity contribution in [3.05, 3.63) is 58.9 Å². The van der Waals surface area contributed by atoms with Gasteiger partial charge in [0, 0.05) is 49.2 Å². The standard InChI is InChI=1S/C25H28N4O4/c1-16-19-7-3-4-8-21(19)33-22(16)25(31)29-9-5-6-18(15-29)23-26-14-20(17(2)27-23)24(30)28-10-12-32-13-11-28/h3-4,7-8,14,18H,5-6,9-13,15H2,1-2H3/t18-/m0/s1. The van der Waals surface area contributed by atoms with Crippen LogP contribution in [0.25, 0.3) is 11.0 Å². The molecule has 0 N–H and O–H groups in total. The van der Waals surface area contributed by atoms with Crippen molar-refractivity contribution in [1.29, 1.82) is 0 Å². The fraction of sp³-hybridized carbons (Fsp3) is 0.440. The second-order valence-electron chi connectivity index (χ2n) is 8.77. The Hall–Kier alpha value is -3.26. The van der Waals surface area contributed by atoms with Crippen molar-refractivity contribution in [1.82, 2.24) is 19.8 Å². The van der Waals surface area contributed by atoms with Crippen LogP contribution in [0.4, 0.5) is 0 Å². The third-order valence-electron chi connectivity index (χ3n) is 6.64. The number of rotatable bonds is 3. The minimum absolute atomic E-state index is 0.0265. The van der Waals surface area contributed by atoms with E-state index in [0.29, 0.717) is 62.2 Å². The van der Waals surface area contributed by atoms with E-state index in [1.807, 2.05) is 43.0 Å². The molecule has 2 aliphatic rings. The van der Waals surface area contributed by atoms with Crippen LogP contribution in [0.5, 0.6) is 0 Å². The Morgan fingerprint density at radius 3 is 2.58 bits per heavy atom. The van der Waals surface area contributed by atoms with Gasteiger partial charge < -0.3 is 19.0 Å². The van der Waals surface area contributed by atoms with Crippen molar-refractivity contribution in [3.63, 3.8) is 0 Å². The average Bonchev–Trinajstić information content (AvgIpc) is 3.20. The topological polar surface area (TPSA) is 88.8 Å². The number of piperidine rings is 1. The van der Waals surface area contributed by atoms with Gasteiger partial charge in [0.15, 0.2) is 5.76 Å². The maximum Gasteiger partial charge on any atom is 0.289 e. The van der Waals surface area contributed by atoms with E-state index >= 15 is 0 Å². The molecule has 2 fully saturated rings. The van der Waals surface area contributed by atoms with Crippen LogP contribution in [0.2, 0.25) is 0 Å². The number of carbonyl (C=O) groups is 2. The number of hydrogen-bond acceptors (Lipinski definition) is 6. The molecule has 2 amide bonds. The summed E-state index contributed by atoms with van der Waals surface area (Å²) < 4.78 is 11.2. The lowest BCUT2D eigenvalue weighted by Gasteiger charge is -2.32. The van der Waals surface area contributed by atoms with Gasteiger partial charge in [-0.25, -0.2) is 9.97 Å². The molecule has 0 spiro atoms. The van der Waals surface area contributed by atoms with Crippen molar-refractivity contribution in [2.24, 2.45) is 0 Å². The summed E-state index contributed by atoms with van der Waals surface area (Å²) in [5.74, 6) is 0.969. The summed E-state index contributed by atoms with van der Waals surface area (Å²) in [5, 5.41) is 0.967. The van der Waals surface area contributed by atoms with E-state index in [9.17, 15) is 9.59 Å². The zero-order valence-corrected chi connectivity index (χ0v) is 19.0. The number of morpholine rings is 1. The highest BCUT2D eigenvalue weighted by molar-refractivity contribution is 5.99. The number of ether oxygens (including phenoxy) is 1. The van der Waals surface area contributed by atoms with Gasteiger partial charge in [0.2, 0.25) is 0 Å². The Bertz CT molecular complexity index is 1200. The average molecular weight is 449 g/mol. The monoisotopic (exact) mass is 448 g/mol. The molecule has 8 heteroatoms. The lowest BCUT2D eigenvalue weighted by Crippen LogP contribution is -2.41. The summed E-state index contributed by atoms with van der Waals surface area (Å²) in [7, 11) is 0. The third kappa shape index (κ3) is 4.11. The number of amides is 2. The van der Waals surface area contributed by atoms with Crippen molar-refractivity contribution >= 4 is 22.8 Å². The summed E-state index contributed by atoms with van der Waals surface area (Å²) in [5.41, 5.74) is 2.80. The quantitative estimate of drug-likeness (QED) is 0.611. The molecule has 2 aromatic heterocycles. The van der Waals surface area contributed by atoms with Gasteiger partial charge in [-0.15, -0.1) is 0 Å². The minimum Gasteiger partial charge on any atom is -0.451 e. The maximum absolute atomic E-state index is 13.3. The van der Waals surface area contributed by atoms with Gasteiger partial charge in [-0.3, -0.25) is 9.59 Å². The van der Waals surface area contributed by atoms with Crippen molar-refractivity contribution in [3.8, 4) is 0 Å². The van der Waals surface area contributed by atoms with Crippen LogP contribution in [0.1, 0.15) is 56.8 Å². The predicted molar refractivity (Wildman–Crippen MR) is 122 cm³/mol. The summed E-state index contributed by atoms with van der Waals surface area (Å²) in [4.78, 5) is 39.0. The first kappa shape index (κ1) is 21.6. The Morgan fingerprint density at radius 2 is 1.82 bits per heavy atom. The number of aryl methyl sites for hydroxylation is 2. The summed E-state index contributed by atoms with van der Waals surface area (Å²) in [6, 6.07) is 7.71. The second-order valence-corrected chi connectivity index (χ2v) is 8.77. The largest absolute Gasteiger partial charge is 0.451 e. The molecule has 0 radical (unpaired) electrons. The van der Waals surface area contributed by atoms with Gasteiger partial charge in [-0.1, -0.05) is 18.2 Å². The van der Waals surface area contributed by atoms with Crippen LogP contribution in [0.3, 0.4) is 0 Å². The molecular weight excluding hydrogens is 420 g/mol. The molecule has 33 heavy (non-hydrogen) atoms. The Morgan fingerprint density at radius 1 is 1.03 bits per heavy atom. The van der Waals surface area contributed by atoms with E-state index in [4.69, 9.17) is 9.15 Å². The molecule has 0 unspecified atom stereocenters. The number of aromatic nitrogens is 2. The molecule has 0 bridgehead atoms. The van der Waals surface area contributed by atoms with Crippen LogP contribution >= 0.6 is 0 Å². The van der Waals surface area contributed by atoms with Gasteiger partial charge in [0.25, 0.3) is 11.8 Å². The summed E-state index contributed by atoms with van der Waals surface area (Å²) >= 11 is 0. The fourth-order valence-electron chi connectivity index (χ4n) is 4.72. The van der Waals surface area contributed by atoms with E-state index < -0.39 is 0 Å². The predicted octanol–water partition coefficient (Wildman–Crippen LogP) is 3.33. The van der Waals surface area contributed by atoms with Crippen LogP contribution in [-0.4, -0.2) is 71.0 Å². The first-order chi connectivity index (χ1) is 16.0.